The van der Waals surface area contributed by atoms with Gasteiger partial charge in [0.25, 0.3) is 0 Å². The molecule has 0 unspecified atom stereocenters. The predicted octanol–water partition coefficient (Wildman–Crippen LogP) is 2.71. The molecule has 3 rings (SSSR count). The number of rotatable bonds is 7. The lowest BCUT2D eigenvalue weighted by Crippen LogP contribution is -2.36. The number of nitrogens with one attached hydrogen (secondary N) is 2. The lowest BCUT2D eigenvalue weighted by molar-refractivity contribution is -0.113. The van der Waals surface area contributed by atoms with Gasteiger partial charge in [-0.1, -0.05) is 37.5 Å². The Kier molecular flexibility index (Phi) is 6.71. The third kappa shape index (κ3) is 5.88. The Labute approximate surface area is 171 Å². The van der Waals surface area contributed by atoms with Gasteiger partial charge < -0.3 is 5.32 Å². The number of amides is 1. The van der Waals surface area contributed by atoms with Crippen LogP contribution in [0.15, 0.2) is 64.4 Å². The SMILES string of the molecule is O=C(CS(=O)(=O)c1ccccc1)Nc1ccc(S(=O)(=O)NC2CCCCC2)cc1. The predicted molar refractivity (Wildman–Crippen MR) is 111 cm³/mol. The van der Waals surface area contributed by atoms with Crippen LogP contribution in [0.4, 0.5) is 5.69 Å². The summed E-state index contributed by atoms with van der Waals surface area (Å²) in [6, 6.07) is 13.4. The molecule has 0 aromatic heterocycles. The number of hydrogen-bond donors (Lipinski definition) is 2. The maximum Gasteiger partial charge on any atom is 0.240 e. The van der Waals surface area contributed by atoms with E-state index in [2.05, 4.69) is 10.0 Å². The van der Waals surface area contributed by atoms with Gasteiger partial charge in [-0.25, -0.2) is 21.6 Å². The first-order valence-corrected chi connectivity index (χ1v) is 12.6. The van der Waals surface area contributed by atoms with E-state index in [1.807, 2.05) is 0 Å². The van der Waals surface area contributed by atoms with Gasteiger partial charge >= 0.3 is 0 Å². The topological polar surface area (TPSA) is 109 Å². The average molecular weight is 437 g/mol. The van der Waals surface area contributed by atoms with E-state index in [9.17, 15) is 21.6 Å². The van der Waals surface area contributed by atoms with Crippen LogP contribution in [0.5, 0.6) is 0 Å². The first-order chi connectivity index (χ1) is 13.8. The highest BCUT2D eigenvalue weighted by atomic mass is 32.2. The molecule has 156 valence electrons. The third-order valence-corrected chi connectivity index (χ3v) is 7.97. The van der Waals surface area contributed by atoms with Crippen LogP contribution in [-0.4, -0.2) is 34.5 Å². The van der Waals surface area contributed by atoms with E-state index in [1.54, 1.807) is 18.2 Å². The van der Waals surface area contributed by atoms with Crippen LogP contribution < -0.4 is 10.0 Å². The summed E-state index contributed by atoms with van der Waals surface area (Å²) in [5.41, 5.74) is 0.329. The minimum Gasteiger partial charge on any atom is -0.325 e. The van der Waals surface area contributed by atoms with Crippen LogP contribution in [-0.2, 0) is 24.7 Å². The molecule has 2 aromatic rings. The van der Waals surface area contributed by atoms with Crippen molar-refractivity contribution < 1.29 is 21.6 Å². The fourth-order valence-corrected chi connectivity index (χ4v) is 5.77. The van der Waals surface area contributed by atoms with Gasteiger partial charge in [0.1, 0.15) is 5.75 Å². The van der Waals surface area contributed by atoms with Crippen molar-refractivity contribution in [3.8, 4) is 0 Å². The van der Waals surface area contributed by atoms with Crippen molar-refractivity contribution >= 4 is 31.5 Å². The fourth-order valence-electron chi connectivity index (χ4n) is 3.31. The van der Waals surface area contributed by atoms with Crippen molar-refractivity contribution in [2.45, 2.75) is 47.9 Å². The number of carbonyl (C=O) groups excluding carboxylic acids is 1. The zero-order valence-electron chi connectivity index (χ0n) is 15.9. The van der Waals surface area contributed by atoms with E-state index >= 15 is 0 Å². The molecule has 7 nitrogen and oxygen atoms in total. The molecule has 1 aliphatic carbocycles. The molecular weight excluding hydrogens is 412 g/mol. The van der Waals surface area contributed by atoms with Crippen molar-refractivity contribution in [3.63, 3.8) is 0 Å². The lowest BCUT2D eigenvalue weighted by atomic mass is 9.96. The monoisotopic (exact) mass is 436 g/mol. The highest BCUT2D eigenvalue weighted by Crippen LogP contribution is 2.21. The van der Waals surface area contributed by atoms with Gasteiger partial charge in [0.05, 0.1) is 9.79 Å². The Morgan fingerprint density at radius 1 is 0.828 bits per heavy atom. The maximum atomic E-state index is 12.5. The second-order valence-corrected chi connectivity index (χ2v) is 10.8. The summed E-state index contributed by atoms with van der Waals surface area (Å²) in [5.74, 6) is -1.38. The Hall–Kier alpha value is -2.23. The van der Waals surface area contributed by atoms with E-state index < -0.39 is 31.5 Å². The molecule has 29 heavy (non-hydrogen) atoms. The van der Waals surface area contributed by atoms with Crippen LogP contribution in [0, 0.1) is 0 Å². The van der Waals surface area contributed by atoms with E-state index in [0.717, 1.165) is 32.1 Å². The molecule has 9 heteroatoms. The molecule has 1 saturated carbocycles. The molecule has 0 saturated heterocycles. The van der Waals surface area contributed by atoms with Crippen LogP contribution >= 0.6 is 0 Å². The first kappa shape index (κ1) is 21.5. The van der Waals surface area contributed by atoms with Crippen molar-refractivity contribution in [1.29, 1.82) is 0 Å². The minimum absolute atomic E-state index is 0.0451. The van der Waals surface area contributed by atoms with Crippen molar-refractivity contribution in [1.82, 2.24) is 4.72 Å². The number of sulfone groups is 1. The molecule has 1 aliphatic rings. The van der Waals surface area contributed by atoms with Crippen molar-refractivity contribution in [2.24, 2.45) is 0 Å². The molecule has 2 N–H and O–H groups in total. The fraction of sp³-hybridized carbons (Fsp3) is 0.350. The molecule has 1 fully saturated rings. The van der Waals surface area contributed by atoms with Gasteiger partial charge in [0.2, 0.25) is 15.9 Å². The highest BCUT2D eigenvalue weighted by Gasteiger charge is 2.22. The molecule has 0 aliphatic heterocycles. The van der Waals surface area contributed by atoms with E-state index in [-0.39, 0.29) is 15.8 Å². The standard InChI is InChI=1S/C20H24N2O5S2/c23-20(15-28(24,25)18-9-5-2-6-10-18)21-16-11-13-19(14-12-16)29(26,27)22-17-7-3-1-4-8-17/h2,5-6,9-14,17,22H,1,3-4,7-8,15H2,(H,21,23). The highest BCUT2D eigenvalue weighted by molar-refractivity contribution is 7.92. The number of benzene rings is 2. The van der Waals surface area contributed by atoms with Crippen molar-refractivity contribution in [3.05, 3.63) is 54.6 Å². The Morgan fingerprint density at radius 2 is 1.45 bits per heavy atom. The van der Waals surface area contributed by atoms with Crippen molar-refractivity contribution in [2.75, 3.05) is 11.1 Å². The molecule has 0 heterocycles. The second-order valence-electron chi connectivity index (χ2n) is 7.10. The summed E-state index contributed by atoms with van der Waals surface area (Å²) < 4.78 is 52.2. The van der Waals surface area contributed by atoms with Crippen LogP contribution in [0.2, 0.25) is 0 Å². The molecule has 0 radical (unpaired) electrons. The normalized spacial score (nSPS) is 15.7. The number of anilines is 1. The Balaban J connectivity index is 1.62. The van der Waals surface area contributed by atoms with Gasteiger partial charge in [0.15, 0.2) is 9.84 Å². The van der Waals surface area contributed by atoms with Crippen LogP contribution in [0.1, 0.15) is 32.1 Å². The quantitative estimate of drug-likeness (QED) is 0.694. The molecule has 1 amide bonds. The largest absolute Gasteiger partial charge is 0.325 e. The number of sulfonamides is 1. The number of carbonyl (C=O) groups is 1. The molecule has 0 bridgehead atoms. The van der Waals surface area contributed by atoms with Crippen LogP contribution in [0.25, 0.3) is 0 Å². The third-order valence-electron chi connectivity index (χ3n) is 4.80. The van der Waals surface area contributed by atoms with E-state index in [1.165, 1.54) is 36.4 Å². The summed E-state index contributed by atoms with van der Waals surface area (Å²) in [5, 5.41) is 2.49. The minimum atomic E-state index is -3.75. The van der Waals surface area contributed by atoms with Gasteiger partial charge in [-0.05, 0) is 49.2 Å². The number of hydrogen-bond acceptors (Lipinski definition) is 5. The zero-order valence-corrected chi connectivity index (χ0v) is 17.5. The van der Waals surface area contributed by atoms with Gasteiger partial charge in [-0.15, -0.1) is 0 Å². The second kappa shape index (κ2) is 9.06. The zero-order chi connectivity index (χ0) is 20.9. The molecule has 0 spiro atoms. The van der Waals surface area contributed by atoms with Gasteiger partial charge in [0, 0.05) is 11.7 Å². The van der Waals surface area contributed by atoms with E-state index in [4.69, 9.17) is 0 Å². The average Bonchev–Trinajstić information content (AvgIpc) is 2.69. The molecular formula is C20H24N2O5S2. The Bertz CT molecular complexity index is 1040. The first-order valence-electron chi connectivity index (χ1n) is 9.46. The smallest absolute Gasteiger partial charge is 0.240 e. The molecule has 2 aromatic carbocycles. The summed E-state index contributed by atoms with van der Waals surface area (Å²) in [7, 11) is -7.37. The molecule has 0 atom stereocenters. The summed E-state index contributed by atoms with van der Waals surface area (Å²) in [6.45, 7) is 0. The van der Waals surface area contributed by atoms with Crippen LogP contribution in [0.3, 0.4) is 0 Å². The summed E-state index contributed by atoms with van der Waals surface area (Å²) in [4.78, 5) is 12.3. The maximum absolute atomic E-state index is 12.5. The Morgan fingerprint density at radius 3 is 2.07 bits per heavy atom. The summed E-state index contributed by atoms with van der Waals surface area (Å²) >= 11 is 0. The lowest BCUT2D eigenvalue weighted by Gasteiger charge is -2.22. The summed E-state index contributed by atoms with van der Waals surface area (Å²) in [6.07, 6.45) is 4.84. The van der Waals surface area contributed by atoms with Gasteiger partial charge in [-0.2, -0.15) is 0 Å². The van der Waals surface area contributed by atoms with E-state index in [0.29, 0.717) is 5.69 Å². The van der Waals surface area contributed by atoms with Gasteiger partial charge in [-0.3, -0.25) is 4.79 Å².